The Bertz CT molecular complexity index is 848. The molecule has 1 rings (SSSR count). The first-order chi connectivity index (χ1) is 18.3. The van der Waals surface area contributed by atoms with Gasteiger partial charge in [0.25, 0.3) is 0 Å². The molecule has 0 aromatic heterocycles. The molecule has 1 aromatic rings. The maximum atomic E-state index is 10.8. The zero-order valence-electron chi connectivity index (χ0n) is 26.8. The fourth-order valence-electron chi connectivity index (χ4n) is 3.80. The van der Waals surface area contributed by atoms with Crippen molar-refractivity contribution in [3.63, 3.8) is 0 Å². The summed E-state index contributed by atoms with van der Waals surface area (Å²) in [7, 11) is -3.20. The predicted octanol–water partition coefficient (Wildman–Crippen LogP) is 5.78. The van der Waals surface area contributed by atoms with Gasteiger partial charge in [-0.25, -0.2) is 0 Å². The van der Waals surface area contributed by atoms with Crippen molar-refractivity contribution in [2.75, 3.05) is 0 Å². The zero-order valence-corrected chi connectivity index (χ0v) is 26.8. The number of hydrogen-bond donors (Lipinski definition) is 4. The van der Waals surface area contributed by atoms with Crippen LogP contribution in [0.2, 0.25) is 0 Å². The lowest BCUT2D eigenvalue weighted by atomic mass is 9.86. The van der Waals surface area contributed by atoms with Gasteiger partial charge in [-0.3, -0.25) is 0 Å². The van der Waals surface area contributed by atoms with Crippen LogP contribution in [0.25, 0.3) is 0 Å². The summed E-state index contributed by atoms with van der Waals surface area (Å²) in [4.78, 5) is 0. The molecule has 0 radical (unpaired) electrons. The van der Waals surface area contributed by atoms with Gasteiger partial charge < -0.3 is 38.9 Å². The highest BCUT2D eigenvalue weighted by molar-refractivity contribution is 6.38. The maximum Gasteiger partial charge on any atom is 0.714 e. The largest absolute Gasteiger partial charge is 0.714 e. The second kappa shape index (κ2) is 15.8. The lowest BCUT2D eigenvalue weighted by Gasteiger charge is -2.42. The summed E-state index contributed by atoms with van der Waals surface area (Å²) in [5.41, 5.74) is -2.97. The number of aliphatic hydroxyl groups is 2. The minimum atomic E-state index is -1.94. The van der Waals surface area contributed by atoms with E-state index >= 15 is 0 Å². The molecule has 0 fully saturated rings. The number of benzene rings is 1. The van der Waals surface area contributed by atoms with E-state index in [1.165, 1.54) is 0 Å². The lowest BCUT2D eigenvalue weighted by molar-refractivity contribution is -0.146. The molecule has 0 aliphatic rings. The minimum absolute atomic E-state index is 0.413. The van der Waals surface area contributed by atoms with Gasteiger partial charge in [-0.1, -0.05) is 52.4 Å². The van der Waals surface area contributed by atoms with Gasteiger partial charge in [0.05, 0.1) is 22.4 Å². The fraction of sp³-hybridized carbons (Fsp3) is 0.800. The molecule has 4 N–H and O–H groups in total. The van der Waals surface area contributed by atoms with Crippen molar-refractivity contribution in [3.05, 3.63) is 23.3 Å². The molecule has 0 atom stereocenters. The van der Waals surface area contributed by atoms with Crippen LogP contribution in [-0.4, -0.2) is 57.3 Å². The molecule has 0 unspecified atom stereocenters. The quantitative estimate of drug-likeness (QED) is 0.116. The standard InChI is InChI=1S/C30H56B2O8/c1-11-13-15-17-19-23-22-26(24(20-18-16-14-12-2)21-25(23)37-31(35)36)38-32(39-29(7,8)27(3,4)33)40-30(9,10)28(5,6)34/h21-22,33-36H,11-20H2,1-10H3. The first-order valence-corrected chi connectivity index (χ1v) is 15.0. The topological polar surface area (TPSA) is 118 Å². The van der Waals surface area contributed by atoms with Gasteiger partial charge in [-0.15, -0.1) is 0 Å². The zero-order chi connectivity index (χ0) is 30.8. The van der Waals surface area contributed by atoms with Crippen LogP contribution >= 0.6 is 0 Å². The van der Waals surface area contributed by atoms with E-state index in [4.69, 9.17) is 18.6 Å². The molecule has 0 heterocycles. The van der Waals surface area contributed by atoms with Crippen molar-refractivity contribution in [2.45, 2.75) is 156 Å². The number of rotatable bonds is 20. The highest BCUT2D eigenvalue weighted by Crippen LogP contribution is 2.35. The van der Waals surface area contributed by atoms with Gasteiger partial charge in [0.15, 0.2) is 0 Å². The van der Waals surface area contributed by atoms with Crippen molar-refractivity contribution >= 4 is 14.6 Å². The van der Waals surface area contributed by atoms with Gasteiger partial charge >= 0.3 is 14.6 Å². The average Bonchev–Trinajstić information content (AvgIpc) is 2.79. The fourth-order valence-corrected chi connectivity index (χ4v) is 3.80. The smallest absolute Gasteiger partial charge is 0.512 e. The minimum Gasteiger partial charge on any atom is -0.512 e. The highest BCUT2D eigenvalue weighted by atomic mass is 16.8. The van der Waals surface area contributed by atoms with Crippen molar-refractivity contribution in [3.8, 4) is 11.5 Å². The molecular formula is C30H56B2O8. The Morgan fingerprint density at radius 3 is 1.30 bits per heavy atom. The third-order valence-corrected chi connectivity index (χ3v) is 8.03. The van der Waals surface area contributed by atoms with Crippen LogP contribution in [-0.2, 0) is 22.2 Å². The van der Waals surface area contributed by atoms with E-state index in [1.807, 2.05) is 12.1 Å². The molecule has 40 heavy (non-hydrogen) atoms. The third-order valence-electron chi connectivity index (χ3n) is 8.03. The Hall–Kier alpha value is -1.29. The van der Waals surface area contributed by atoms with Gasteiger partial charge in [-0.2, -0.15) is 0 Å². The second-order valence-electron chi connectivity index (χ2n) is 12.9. The van der Waals surface area contributed by atoms with Crippen molar-refractivity contribution in [2.24, 2.45) is 0 Å². The summed E-state index contributed by atoms with van der Waals surface area (Å²) in [5, 5.41) is 40.8. The highest BCUT2D eigenvalue weighted by Gasteiger charge is 2.48. The summed E-state index contributed by atoms with van der Waals surface area (Å²) in [6.07, 6.45) is 9.69. The third kappa shape index (κ3) is 11.9. The summed E-state index contributed by atoms with van der Waals surface area (Å²) < 4.78 is 24.4. The second-order valence-corrected chi connectivity index (χ2v) is 12.9. The van der Waals surface area contributed by atoms with E-state index < -0.39 is 37.0 Å². The van der Waals surface area contributed by atoms with Crippen LogP contribution in [0.4, 0.5) is 0 Å². The summed E-state index contributed by atoms with van der Waals surface area (Å²) in [5.74, 6) is 0.946. The molecule has 230 valence electrons. The van der Waals surface area contributed by atoms with Crippen molar-refractivity contribution < 1.29 is 38.9 Å². The van der Waals surface area contributed by atoms with Gasteiger partial charge in [-0.05, 0) is 104 Å². The van der Waals surface area contributed by atoms with Gasteiger partial charge in [0.1, 0.15) is 11.5 Å². The number of aryl methyl sites for hydroxylation is 2. The molecule has 0 aliphatic carbocycles. The van der Waals surface area contributed by atoms with Crippen molar-refractivity contribution in [1.82, 2.24) is 0 Å². The Morgan fingerprint density at radius 2 is 0.975 bits per heavy atom. The van der Waals surface area contributed by atoms with E-state index in [9.17, 15) is 20.3 Å². The molecule has 0 aliphatic heterocycles. The van der Waals surface area contributed by atoms with Gasteiger partial charge in [0, 0.05) is 0 Å². The monoisotopic (exact) mass is 566 g/mol. The maximum absolute atomic E-state index is 10.8. The Labute approximate surface area is 244 Å². The molecule has 0 bridgehead atoms. The van der Waals surface area contributed by atoms with Crippen LogP contribution in [0, 0.1) is 0 Å². The molecular weight excluding hydrogens is 510 g/mol. The average molecular weight is 566 g/mol. The molecule has 0 saturated carbocycles. The van der Waals surface area contributed by atoms with Crippen LogP contribution < -0.4 is 9.31 Å². The Balaban J connectivity index is 3.57. The first-order valence-electron chi connectivity index (χ1n) is 15.0. The number of hydrogen-bond acceptors (Lipinski definition) is 8. The lowest BCUT2D eigenvalue weighted by Crippen LogP contribution is -2.57. The van der Waals surface area contributed by atoms with E-state index in [-0.39, 0.29) is 0 Å². The molecule has 1 aromatic carbocycles. The van der Waals surface area contributed by atoms with Crippen molar-refractivity contribution in [1.29, 1.82) is 0 Å². The molecule has 10 heteroatoms. The van der Waals surface area contributed by atoms with Crippen LogP contribution in [0.15, 0.2) is 12.1 Å². The van der Waals surface area contributed by atoms with E-state index in [1.54, 1.807) is 55.4 Å². The van der Waals surface area contributed by atoms with E-state index in [0.717, 1.165) is 62.5 Å². The van der Waals surface area contributed by atoms with Crippen LogP contribution in [0.5, 0.6) is 11.5 Å². The summed E-state index contributed by atoms with van der Waals surface area (Å²) in [6.45, 7) is 18.0. The summed E-state index contributed by atoms with van der Waals surface area (Å²) in [6, 6.07) is 3.68. The van der Waals surface area contributed by atoms with Crippen LogP contribution in [0.3, 0.4) is 0 Å². The van der Waals surface area contributed by atoms with Crippen LogP contribution in [0.1, 0.15) is 132 Å². The predicted molar refractivity (Wildman–Crippen MR) is 162 cm³/mol. The van der Waals surface area contributed by atoms with E-state index in [0.29, 0.717) is 24.3 Å². The Morgan fingerprint density at radius 1 is 0.600 bits per heavy atom. The SMILES string of the molecule is CCCCCCc1cc(OB(OC(C)(C)C(C)(C)O)OC(C)(C)C(C)(C)O)c(CCCCCC)cc1OB(O)O. The first kappa shape index (κ1) is 36.7. The molecule has 0 spiro atoms. The normalized spacial score (nSPS) is 12.9. The number of unbranched alkanes of at least 4 members (excludes halogenated alkanes) is 6. The van der Waals surface area contributed by atoms with E-state index in [2.05, 4.69) is 13.8 Å². The molecule has 0 saturated heterocycles. The Kier molecular flexibility index (Phi) is 14.5. The summed E-state index contributed by atoms with van der Waals surface area (Å²) >= 11 is 0. The molecule has 0 amide bonds. The van der Waals surface area contributed by atoms with Gasteiger partial charge in [0.2, 0.25) is 0 Å². The molecule has 8 nitrogen and oxygen atoms in total.